The summed E-state index contributed by atoms with van der Waals surface area (Å²) < 4.78 is 0. The van der Waals surface area contributed by atoms with E-state index in [2.05, 4.69) is 12.1 Å². The average Bonchev–Trinajstić information content (AvgIpc) is 2.38. The molecule has 17 heavy (non-hydrogen) atoms. The van der Waals surface area contributed by atoms with E-state index < -0.39 is 0 Å². The normalized spacial score (nSPS) is 10.2. The van der Waals surface area contributed by atoms with Gasteiger partial charge in [0.1, 0.15) is 0 Å². The second kappa shape index (κ2) is 5.89. The number of thioether (sulfide) groups is 1. The molecular weight excluding hydrogens is 252 g/mol. The Kier molecular flexibility index (Phi) is 4.24. The first-order chi connectivity index (χ1) is 8.29. The highest BCUT2D eigenvalue weighted by molar-refractivity contribution is 7.98. The van der Waals surface area contributed by atoms with Crippen LogP contribution >= 0.6 is 23.4 Å². The maximum atomic E-state index is 10.6. The maximum absolute atomic E-state index is 10.6. The predicted molar refractivity (Wildman–Crippen MR) is 72.8 cm³/mol. The summed E-state index contributed by atoms with van der Waals surface area (Å²) in [6.45, 7) is 0. The van der Waals surface area contributed by atoms with E-state index in [0.717, 1.165) is 16.9 Å². The largest absolute Gasteiger partial charge is 0.298 e. The third-order valence-electron chi connectivity index (χ3n) is 2.35. The van der Waals surface area contributed by atoms with Crippen LogP contribution in [0.4, 0.5) is 0 Å². The van der Waals surface area contributed by atoms with Crippen molar-refractivity contribution >= 4 is 29.6 Å². The molecule has 0 amide bonds. The number of carbonyl (C=O) groups is 1. The van der Waals surface area contributed by atoms with Gasteiger partial charge in [0.2, 0.25) is 0 Å². The van der Waals surface area contributed by atoms with E-state index in [1.807, 2.05) is 30.3 Å². The Morgan fingerprint density at radius 2 is 1.88 bits per heavy atom. The van der Waals surface area contributed by atoms with Crippen molar-refractivity contribution in [2.45, 2.75) is 10.6 Å². The molecule has 0 aliphatic carbocycles. The van der Waals surface area contributed by atoms with Gasteiger partial charge in [-0.15, -0.1) is 11.8 Å². The van der Waals surface area contributed by atoms with Gasteiger partial charge in [0.05, 0.1) is 5.02 Å². The molecule has 0 heterocycles. The first-order valence-corrected chi connectivity index (χ1v) is 6.57. The van der Waals surface area contributed by atoms with E-state index in [-0.39, 0.29) is 0 Å². The van der Waals surface area contributed by atoms with Crippen LogP contribution in [0.5, 0.6) is 0 Å². The minimum absolute atomic E-state index is 0.512. The van der Waals surface area contributed by atoms with Crippen LogP contribution < -0.4 is 0 Å². The maximum Gasteiger partial charge on any atom is 0.151 e. The van der Waals surface area contributed by atoms with Crippen molar-refractivity contribution in [3.8, 4) is 0 Å². The van der Waals surface area contributed by atoms with Crippen LogP contribution in [-0.4, -0.2) is 6.29 Å². The van der Waals surface area contributed by atoms with Gasteiger partial charge in [-0.25, -0.2) is 0 Å². The van der Waals surface area contributed by atoms with Gasteiger partial charge < -0.3 is 0 Å². The van der Waals surface area contributed by atoms with Crippen LogP contribution in [0.2, 0.25) is 5.02 Å². The molecular formula is C14H11ClOS. The first kappa shape index (κ1) is 12.2. The van der Waals surface area contributed by atoms with Crippen molar-refractivity contribution in [2.75, 3.05) is 0 Å². The topological polar surface area (TPSA) is 17.1 Å². The second-order valence-electron chi connectivity index (χ2n) is 3.58. The fourth-order valence-corrected chi connectivity index (χ4v) is 2.62. The van der Waals surface area contributed by atoms with Crippen LogP contribution in [-0.2, 0) is 5.75 Å². The average molecular weight is 263 g/mol. The van der Waals surface area contributed by atoms with Crippen molar-refractivity contribution in [3.63, 3.8) is 0 Å². The number of carbonyl (C=O) groups excluding carboxylic acids is 1. The lowest BCUT2D eigenvalue weighted by Gasteiger charge is -2.03. The number of hydrogen-bond acceptors (Lipinski definition) is 2. The molecule has 0 N–H and O–H groups in total. The van der Waals surface area contributed by atoms with Gasteiger partial charge in [0, 0.05) is 16.2 Å². The molecule has 2 aromatic carbocycles. The Morgan fingerprint density at radius 3 is 2.53 bits per heavy atom. The third kappa shape index (κ3) is 3.35. The Bertz CT molecular complexity index is 511. The van der Waals surface area contributed by atoms with E-state index in [1.54, 1.807) is 17.8 Å². The van der Waals surface area contributed by atoms with Crippen LogP contribution in [0.15, 0.2) is 53.4 Å². The van der Waals surface area contributed by atoms with Crippen molar-refractivity contribution in [1.29, 1.82) is 0 Å². The van der Waals surface area contributed by atoms with Gasteiger partial charge >= 0.3 is 0 Å². The number of aldehydes is 1. The number of rotatable bonds is 4. The van der Waals surface area contributed by atoms with E-state index in [0.29, 0.717) is 10.6 Å². The van der Waals surface area contributed by atoms with Gasteiger partial charge in [0.25, 0.3) is 0 Å². The molecule has 0 bridgehead atoms. The lowest BCUT2D eigenvalue weighted by atomic mass is 10.2. The molecule has 0 atom stereocenters. The first-order valence-electron chi connectivity index (χ1n) is 5.21. The van der Waals surface area contributed by atoms with Gasteiger partial charge in [-0.3, -0.25) is 4.79 Å². The number of benzene rings is 2. The number of hydrogen-bond donors (Lipinski definition) is 0. The van der Waals surface area contributed by atoms with E-state index in [1.165, 1.54) is 5.56 Å². The lowest BCUT2D eigenvalue weighted by Crippen LogP contribution is -1.83. The molecule has 0 spiro atoms. The van der Waals surface area contributed by atoms with Gasteiger partial charge in [-0.1, -0.05) is 41.9 Å². The molecule has 0 aliphatic rings. The van der Waals surface area contributed by atoms with E-state index >= 15 is 0 Å². The van der Waals surface area contributed by atoms with Crippen molar-refractivity contribution in [3.05, 3.63) is 64.7 Å². The summed E-state index contributed by atoms with van der Waals surface area (Å²) in [6, 6.07) is 15.7. The monoisotopic (exact) mass is 262 g/mol. The smallest absolute Gasteiger partial charge is 0.151 e. The summed E-state index contributed by atoms with van der Waals surface area (Å²) in [5, 5.41) is 0.512. The van der Waals surface area contributed by atoms with Crippen LogP contribution in [0, 0.1) is 0 Å². The quantitative estimate of drug-likeness (QED) is 0.598. The molecule has 0 aliphatic heterocycles. The summed E-state index contributed by atoms with van der Waals surface area (Å²) in [5.41, 5.74) is 1.81. The van der Waals surface area contributed by atoms with E-state index in [4.69, 9.17) is 11.6 Å². The zero-order valence-electron chi connectivity index (χ0n) is 9.10. The SMILES string of the molecule is O=Cc1ccc(SCc2ccccc2)cc1Cl. The molecule has 2 aromatic rings. The summed E-state index contributed by atoms with van der Waals surface area (Å²) in [7, 11) is 0. The molecule has 2 rings (SSSR count). The fourth-order valence-electron chi connectivity index (χ4n) is 1.43. The minimum atomic E-state index is 0.512. The minimum Gasteiger partial charge on any atom is -0.298 e. The van der Waals surface area contributed by atoms with Crippen LogP contribution in [0.3, 0.4) is 0 Å². The third-order valence-corrected chi connectivity index (χ3v) is 3.74. The van der Waals surface area contributed by atoms with Crippen molar-refractivity contribution in [2.24, 2.45) is 0 Å². The molecule has 3 heteroatoms. The number of halogens is 1. The zero-order valence-corrected chi connectivity index (χ0v) is 10.7. The molecule has 0 unspecified atom stereocenters. The highest BCUT2D eigenvalue weighted by Gasteiger charge is 2.01. The summed E-state index contributed by atoms with van der Waals surface area (Å²) >= 11 is 7.67. The predicted octanol–water partition coefficient (Wildman–Crippen LogP) is 4.44. The summed E-state index contributed by atoms with van der Waals surface area (Å²) in [6.07, 6.45) is 0.772. The van der Waals surface area contributed by atoms with Gasteiger partial charge in [0.15, 0.2) is 6.29 Å². The standard InChI is InChI=1S/C14H11ClOS/c15-14-8-13(7-6-12(14)9-16)17-10-11-4-2-1-3-5-11/h1-9H,10H2. The lowest BCUT2D eigenvalue weighted by molar-refractivity contribution is 0.112. The fraction of sp³-hybridized carbons (Fsp3) is 0.0714. The molecule has 0 saturated carbocycles. The highest BCUT2D eigenvalue weighted by Crippen LogP contribution is 2.26. The Labute approximate surface area is 110 Å². The summed E-state index contributed by atoms with van der Waals surface area (Å²) in [4.78, 5) is 11.7. The highest BCUT2D eigenvalue weighted by atomic mass is 35.5. The molecule has 0 saturated heterocycles. The molecule has 0 fully saturated rings. The van der Waals surface area contributed by atoms with Gasteiger partial charge in [-0.2, -0.15) is 0 Å². The van der Waals surface area contributed by atoms with Crippen molar-refractivity contribution in [1.82, 2.24) is 0 Å². The van der Waals surface area contributed by atoms with E-state index in [9.17, 15) is 4.79 Å². The Hall–Kier alpha value is -1.25. The molecule has 0 aromatic heterocycles. The van der Waals surface area contributed by atoms with Gasteiger partial charge in [-0.05, 0) is 23.8 Å². The second-order valence-corrected chi connectivity index (χ2v) is 5.03. The summed E-state index contributed by atoms with van der Waals surface area (Å²) in [5.74, 6) is 0.900. The molecule has 1 nitrogen and oxygen atoms in total. The Morgan fingerprint density at radius 1 is 1.12 bits per heavy atom. The van der Waals surface area contributed by atoms with Crippen molar-refractivity contribution < 1.29 is 4.79 Å². The Balaban J connectivity index is 2.05. The van der Waals surface area contributed by atoms with Crippen LogP contribution in [0.1, 0.15) is 15.9 Å². The molecule has 86 valence electrons. The van der Waals surface area contributed by atoms with Crippen LogP contribution in [0.25, 0.3) is 0 Å². The molecule has 0 radical (unpaired) electrons. The zero-order chi connectivity index (χ0) is 12.1.